The van der Waals surface area contributed by atoms with Crippen LogP contribution in [0.4, 0.5) is 5.69 Å². The van der Waals surface area contributed by atoms with E-state index in [0.717, 1.165) is 60.7 Å². The summed E-state index contributed by atoms with van der Waals surface area (Å²) in [5.41, 5.74) is 4.59. The Balaban J connectivity index is 1.53. The fourth-order valence-corrected chi connectivity index (χ4v) is 3.71. The van der Waals surface area contributed by atoms with Crippen LogP contribution in [0.2, 0.25) is 5.02 Å². The molecule has 2 aromatic rings. The maximum Gasteiger partial charge on any atom is 0.173 e. The third-order valence-corrected chi connectivity index (χ3v) is 5.84. The average Bonchev–Trinajstić information content (AvgIpc) is 2.99. The van der Waals surface area contributed by atoms with Gasteiger partial charge in [0.2, 0.25) is 0 Å². The highest BCUT2D eigenvalue weighted by atomic mass is 35.5. The summed E-state index contributed by atoms with van der Waals surface area (Å²) in [5, 5.41) is 9.31. The molecule has 0 unspecified atom stereocenters. The highest BCUT2D eigenvalue weighted by Gasteiger charge is 2.20. The van der Waals surface area contributed by atoms with Crippen molar-refractivity contribution in [3.63, 3.8) is 0 Å². The van der Waals surface area contributed by atoms with Gasteiger partial charge in [-0.05, 0) is 50.7 Å². The van der Waals surface area contributed by atoms with E-state index in [9.17, 15) is 0 Å². The topological polar surface area (TPSA) is 36.3 Å². The van der Waals surface area contributed by atoms with E-state index < -0.39 is 0 Å². The first-order valence-electron chi connectivity index (χ1n) is 9.04. The highest BCUT2D eigenvalue weighted by Crippen LogP contribution is 2.23. The van der Waals surface area contributed by atoms with Crippen LogP contribution in [-0.4, -0.2) is 50.9 Å². The van der Waals surface area contributed by atoms with Gasteiger partial charge in [0.15, 0.2) is 5.11 Å². The Hall–Kier alpha value is -1.63. The van der Waals surface area contributed by atoms with Crippen molar-refractivity contribution in [2.24, 2.45) is 0 Å². The van der Waals surface area contributed by atoms with Crippen LogP contribution in [0.5, 0.6) is 0 Å². The largest absolute Gasteiger partial charge is 0.346 e. The Morgan fingerprint density at radius 3 is 2.62 bits per heavy atom. The number of hydrogen-bond acceptors (Lipinski definition) is 3. The quantitative estimate of drug-likeness (QED) is 0.804. The molecule has 1 saturated heterocycles. The van der Waals surface area contributed by atoms with Gasteiger partial charge in [-0.2, -0.15) is 5.10 Å². The number of anilines is 1. The number of nitrogens with zero attached hydrogens (tertiary/aromatic N) is 4. The molecule has 140 valence electrons. The first-order valence-corrected chi connectivity index (χ1v) is 9.83. The molecule has 0 bridgehead atoms. The fourth-order valence-electron chi connectivity index (χ4n) is 3.25. The van der Waals surface area contributed by atoms with Crippen molar-refractivity contribution in [1.82, 2.24) is 19.6 Å². The lowest BCUT2D eigenvalue weighted by molar-refractivity contribution is 0.176. The molecular weight excluding hydrogens is 366 g/mol. The lowest BCUT2D eigenvalue weighted by Gasteiger charge is -2.36. The third-order valence-electron chi connectivity index (χ3n) is 5.07. The molecule has 0 saturated carbocycles. The molecule has 1 aliphatic rings. The number of aromatic nitrogens is 2. The number of nitrogens with one attached hydrogen (secondary N) is 1. The predicted octanol–water partition coefficient (Wildman–Crippen LogP) is 3.69. The van der Waals surface area contributed by atoms with E-state index in [-0.39, 0.29) is 0 Å². The SMILES string of the molecule is CCn1ncc(CN2CCN(C(=S)Nc3cccc(Cl)c3C)CC2)c1C. The summed E-state index contributed by atoms with van der Waals surface area (Å²) >= 11 is 11.8. The van der Waals surface area contributed by atoms with Crippen LogP contribution in [0.3, 0.4) is 0 Å². The van der Waals surface area contributed by atoms with Crippen molar-refractivity contribution in [1.29, 1.82) is 0 Å². The predicted molar refractivity (Wildman–Crippen MR) is 112 cm³/mol. The minimum Gasteiger partial charge on any atom is -0.346 e. The van der Waals surface area contributed by atoms with Crippen LogP contribution in [0, 0.1) is 13.8 Å². The van der Waals surface area contributed by atoms with Crippen molar-refractivity contribution in [3.8, 4) is 0 Å². The lowest BCUT2D eigenvalue weighted by Crippen LogP contribution is -2.49. The average molecular weight is 392 g/mol. The normalized spacial score (nSPS) is 15.3. The molecule has 7 heteroatoms. The van der Waals surface area contributed by atoms with Gasteiger partial charge in [0.25, 0.3) is 0 Å². The summed E-state index contributed by atoms with van der Waals surface area (Å²) in [6.45, 7) is 12.0. The van der Waals surface area contributed by atoms with Gasteiger partial charge >= 0.3 is 0 Å². The van der Waals surface area contributed by atoms with E-state index in [1.165, 1.54) is 11.3 Å². The summed E-state index contributed by atoms with van der Waals surface area (Å²) in [6.07, 6.45) is 2.00. The molecule has 0 amide bonds. The van der Waals surface area contributed by atoms with E-state index >= 15 is 0 Å². The van der Waals surface area contributed by atoms with Gasteiger partial charge in [-0.25, -0.2) is 0 Å². The number of aryl methyl sites for hydroxylation is 1. The molecule has 2 heterocycles. The van der Waals surface area contributed by atoms with Crippen molar-refractivity contribution >= 4 is 34.6 Å². The number of halogens is 1. The molecule has 1 aromatic heterocycles. The molecule has 1 aliphatic heterocycles. The summed E-state index contributed by atoms with van der Waals surface area (Å²) in [5.74, 6) is 0. The first-order chi connectivity index (χ1) is 12.5. The van der Waals surface area contributed by atoms with Gasteiger partial charge in [-0.15, -0.1) is 0 Å². The number of benzene rings is 1. The van der Waals surface area contributed by atoms with Crippen molar-refractivity contribution < 1.29 is 0 Å². The van der Waals surface area contributed by atoms with E-state index in [4.69, 9.17) is 23.8 Å². The van der Waals surface area contributed by atoms with Gasteiger partial charge in [-0.1, -0.05) is 17.7 Å². The first kappa shape index (κ1) is 19.1. The fraction of sp³-hybridized carbons (Fsp3) is 0.474. The van der Waals surface area contributed by atoms with E-state index in [1.54, 1.807) is 0 Å². The van der Waals surface area contributed by atoms with Crippen LogP contribution in [0.25, 0.3) is 0 Å². The van der Waals surface area contributed by atoms with Gasteiger partial charge in [0.05, 0.1) is 6.20 Å². The molecule has 0 radical (unpaired) electrons. The summed E-state index contributed by atoms with van der Waals surface area (Å²) < 4.78 is 2.05. The minimum absolute atomic E-state index is 0.755. The highest BCUT2D eigenvalue weighted by molar-refractivity contribution is 7.80. The third kappa shape index (κ3) is 4.19. The van der Waals surface area contributed by atoms with Crippen molar-refractivity contribution in [2.75, 3.05) is 31.5 Å². The van der Waals surface area contributed by atoms with Crippen LogP contribution in [0.1, 0.15) is 23.7 Å². The minimum atomic E-state index is 0.755. The molecular formula is C19H26ClN5S. The van der Waals surface area contributed by atoms with Crippen molar-refractivity contribution in [3.05, 3.63) is 46.2 Å². The maximum absolute atomic E-state index is 6.19. The summed E-state index contributed by atoms with van der Waals surface area (Å²) in [6, 6.07) is 5.85. The Labute approximate surface area is 165 Å². The molecule has 0 spiro atoms. The number of hydrogen-bond donors (Lipinski definition) is 1. The van der Waals surface area contributed by atoms with E-state index in [0.29, 0.717) is 0 Å². The molecule has 1 N–H and O–H groups in total. The standard InChI is InChI=1S/C19H26ClN5S/c1-4-25-15(3)16(12-21-25)13-23-8-10-24(11-9-23)19(26)22-18-7-5-6-17(20)14(18)2/h5-7,12H,4,8-11,13H2,1-3H3,(H,22,26). The van der Waals surface area contributed by atoms with E-state index in [2.05, 4.69) is 38.7 Å². The molecule has 0 atom stereocenters. The molecule has 5 nitrogen and oxygen atoms in total. The second-order valence-corrected chi connectivity index (χ2v) is 7.47. The number of thiocarbonyl (C=S) groups is 1. The van der Waals surface area contributed by atoms with Gasteiger partial charge < -0.3 is 10.2 Å². The molecule has 1 aromatic carbocycles. The Morgan fingerprint density at radius 1 is 1.23 bits per heavy atom. The zero-order chi connectivity index (χ0) is 18.7. The zero-order valence-electron chi connectivity index (χ0n) is 15.6. The maximum atomic E-state index is 6.19. The number of rotatable bonds is 4. The van der Waals surface area contributed by atoms with Gasteiger partial charge in [0.1, 0.15) is 0 Å². The van der Waals surface area contributed by atoms with Gasteiger partial charge in [0, 0.05) is 61.2 Å². The second-order valence-electron chi connectivity index (χ2n) is 6.68. The molecule has 1 fully saturated rings. The van der Waals surface area contributed by atoms with Gasteiger partial charge in [-0.3, -0.25) is 9.58 Å². The monoisotopic (exact) mass is 391 g/mol. The van der Waals surface area contributed by atoms with Crippen LogP contribution in [-0.2, 0) is 13.1 Å². The molecule has 3 rings (SSSR count). The molecule has 0 aliphatic carbocycles. The smallest absolute Gasteiger partial charge is 0.173 e. The Kier molecular flexibility index (Phi) is 6.16. The zero-order valence-corrected chi connectivity index (χ0v) is 17.2. The summed E-state index contributed by atoms with van der Waals surface area (Å²) in [4.78, 5) is 4.70. The van der Waals surface area contributed by atoms with Crippen LogP contribution >= 0.6 is 23.8 Å². The second kappa shape index (κ2) is 8.37. The Morgan fingerprint density at radius 2 is 1.96 bits per heavy atom. The molecule has 26 heavy (non-hydrogen) atoms. The van der Waals surface area contributed by atoms with Crippen LogP contribution in [0.15, 0.2) is 24.4 Å². The summed E-state index contributed by atoms with van der Waals surface area (Å²) in [7, 11) is 0. The van der Waals surface area contributed by atoms with E-state index in [1.807, 2.05) is 31.3 Å². The number of piperazine rings is 1. The van der Waals surface area contributed by atoms with Crippen molar-refractivity contribution in [2.45, 2.75) is 33.9 Å². The van der Waals surface area contributed by atoms with Crippen LogP contribution < -0.4 is 5.32 Å². The lowest BCUT2D eigenvalue weighted by atomic mass is 10.2. The Bertz CT molecular complexity index is 780.